The van der Waals surface area contributed by atoms with Gasteiger partial charge in [0.15, 0.2) is 0 Å². The number of hydrogen-bond donors (Lipinski definition) is 1. The van der Waals surface area contributed by atoms with E-state index in [0.717, 1.165) is 25.2 Å². The van der Waals surface area contributed by atoms with Crippen molar-refractivity contribution in [1.29, 1.82) is 0 Å². The third-order valence-electron chi connectivity index (χ3n) is 3.41. The minimum Gasteiger partial charge on any atom is -0.478 e. The highest BCUT2D eigenvalue weighted by atomic mass is 16.5. The lowest BCUT2D eigenvalue weighted by Crippen LogP contribution is -2.56. The number of benzene rings is 1. The van der Waals surface area contributed by atoms with Gasteiger partial charge in [-0.1, -0.05) is 12.1 Å². The zero-order chi connectivity index (χ0) is 11.8. The first-order valence-electron chi connectivity index (χ1n) is 5.91. The summed E-state index contributed by atoms with van der Waals surface area (Å²) in [5, 5.41) is 8.93. The lowest BCUT2D eigenvalue weighted by molar-refractivity contribution is -0.182. The Morgan fingerprint density at radius 1 is 1.41 bits per heavy atom. The van der Waals surface area contributed by atoms with Crippen molar-refractivity contribution in [3.63, 3.8) is 0 Å². The molecule has 4 nitrogen and oxygen atoms in total. The SMILES string of the molecule is O=C(O)c1cccc(CN2CC3CC(C2)O3)c1. The van der Waals surface area contributed by atoms with Crippen LogP contribution < -0.4 is 0 Å². The van der Waals surface area contributed by atoms with Crippen LogP contribution in [0.4, 0.5) is 0 Å². The fraction of sp³-hybridized carbons (Fsp3) is 0.462. The van der Waals surface area contributed by atoms with E-state index in [4.69, 9.17) is 9.84 Å². The van der Waals surface area contributed by atoms with Crippen LogP contribution in [0.2, 0.25) is 0 Å². The van der Waals surface area contributed by atoms with E-state index in [9.17, 15) is 4.79 Å². The number of carbonyl (C=O) groups is 1. The van der Waals surface area contributed by atoms with Gasteiger partial charge >= 0.3 is 5.97 Å². The molecule has 0 aromatic heterocycles. The monoisotopic (exact) mass is 233 g/mol. The van der Waals surface area contributed by atoms with E-state index < -0.39 is 5.97 Å². The number of carboxylic acid groups (broad SMARTS) is 1. The van der Waals surface area contributed by atoms with Gasteiger partial charge in [0.2, 0.25) is 0 Å². The van der Waals surface area contributed by atoms with Gasteiger partial charge in [0.05, 0.1) is 17.8 Å². The third-order valence-corrected chi connectivity index (χ3v) is 3.41. The highest BCUT2D eigenvalue weighted by Crippen LogP contribution is 2.28. The van der Waals surface area contributed by atoms with Crippen molar-refractivity contribution in [2.24, 2.45) is 0 Å². The molecule has 2 atom stereocenters. The number of nitrogens with zero attached hydrogens (tertiary/aromatic N) is 1. The second kappa shape index (κ2) is 4.13. The minimum absolute atomic E-state index is 0.362. The van der Waals surface area contributed by atoms with Crippen LogP contribution in [0.1, 0.15) is 22.3 Å². The van der Waals surface area contributed by atoms with Gasteiger partial charge in [-0.15, -0.1) is 0 Å². The summed E-state index contributed by atoms with van der Waals surface area (Å²) in [6.45, 7) is 2.75. The second-order valence-electron chi connectivity index (χ2n) is 4.82. The molecule has 4 heteroatoms. The molecule has 17 heavy (non-hydrogen) atoms. The Labute approximate surface area is 99.8 Å². The van der Waals surface area contributed by atoms with Crippen LogP contribution in [-0.2, 0) is 11.3 Å². The maximum atomic E-state index is 10.9. The van der Waals surface area contributed by atoms with E-state index >= 15 is 0 Å². The molecule has 1 aromatic carbocycles. The van der Waals surface area contributed by atoms with Gasteiger partial charge in [-0.05, 0) is 17.7 Å². The van der Waals surface area contributed by atoms with Crippen molar-refractivity contribution < 1.29 is 14.6 Å². The lowest BCUT2D eigenvalue weighted by Gasteiger charge is -2.47. The number of hydrogen-bond acceptors (Lipinski definition) is 3. The average molecular weight is 233 g/mol. The number of fused-ring (bicyclic) bond motifs is 2. The molecule has 0 radical (unpaired) electrons. The molecule has 4 rings (SSSR count). The maximum Gasteiger partial charge on any atom is 0.335 e. The van der Waals surface area contributed by atoms with Crippen molar-refractivity contribution >= 4 is 5.97 Å². The first kappa shape index (κ1) is 10.7. The molecule has 3 saturated heterocycles. The molecule has 0 spiro atoms. The summed E-state index contributed by atoms with van der Waals surface area (Å²) >= 11 is 0. The van der Waals surface area contributed by atoms with Gasteiger partial charge in [-0.25, -0.2) is 4.79 Å². The Morgan fingerprint density at radius 2 is 2.12 bits per heavy atom. The number of piperidine rings is 1. The van der Waals surface area contributed by atoms with Gasteiger partial charge in [-0.3, -0.25) is 4.90 Å². The summed E-state index contributed by atoms with van der Waals surface area (Å²) in [4.78, 5) is 13.2. The topological polar surface area (TPSA) is 49.8 Å². The molecule has 3 aliphatic rings. The number of ether oxygens (including phenoxy) is 1. The first-order valence-corrected chi connectivity index (χ1v) is 5.91. The quantitative estimate of drug-likeness (QED) is 0.856. The van der Waals surface area contributed by atoms with Crippen molar-refractivity contribution in [2.75, 3.05) is 13.1 Å². The molecule has 0 saturated carbocycles. The fourth-order valence-corrected chi connectivity index (χ4v) is 2.63. The molecular formula is C13H15NO3. The lowest BCUT2D eigenvalue weighted by atomic mass is 9.98. The zero-order valence-corrected chi connectivity index (χ0v) is 9.50. The third kappa shape index (κ3) is 2.18. The van der Waals surface area contributed by atoms with Gasteiger partial charge in [0, 0.05) is 26.1 Å². The predicted octanol–water partition coefficient (Wildman–Crippen LogP) is 1.36. The van der Waals surface area contributed by atoms with Crippen LogP contribution in [0.3, 0.4) is 0 Å². The van der Waals surface area contributed by atoms with E-state index in [1.165, 1.54) is 6.42 Å². The van der Waals surface area contributed by atoms with Crippen LogP contribution in [0, 0.1) is 0 Å². The van der Waals surface area contributed by atoms with E-state index in [-0.39, 0.29) is 0 Å². The van der Waals surface area contributed by atoms with Crippen molar-refractivity contribution in [2.45, 2.75) is 25.2 Å². The summed E-state index contributed by atoms with van der Waals surface area (Å²) in [6, 6.07) is 7.17. The predicted molar refractivity (Wildman–Crippen MR) is 62.0 cm³/mol. The van der Waals surface area contributed by atoms with Gasteiger partial charge in [0.1, 0.15) is 0 Å². The van der Waals surface area contributed by atoms with Gasteiger partial charge in [0.25, 0.3) is 0 Å². The normalized spacial score (nSPS) is 27.5. The molecule has 2 unspecified atom stereocenters. The van der Waals surface area contributed by atoms with Crippen LogP contribution >= 0.6 is 0 Å². The first-order chi connectivity index (χ1) is 8.20. The van der Waals surface area contributed by atoms with Crippen LogP contribution in [0.15, 0.2) is 24.3 Å². The number of aromatic carboxylic acids is 1. The minimum atomic E-state index is -0.864. The summed E-state index contributed by atoms with van der Waals surface area (Å²) in [7, 11) is 0. The Kier molecular flexibility index (Phi) is 2.61. The number of morpholine rings is 1. The van der Waals surface area contributed by atoms with Crippen molar-refractivity contribution in [3.8, 4) is 0 Å². The molecule has 3 aliphatic heterocycles. The summed E-state index contributed by atoms with van der Waals surface area (Å²) in [6.07, 6.45) is 1.99. The standard InChI is InChI=1S/C13H15NO3/c15-13(16)10-3-1-2-9(4-10)6-14-7-11-5-12(8-14)17-11/h1-4,11-12H,5-8H2,(H,15,16). The highest BCUT2D eigenvalue weighted by molar-refractivity contribution is 5.87. The smallest absolute Gasteiger partial charge is 0.335 e. The maximum absolute atomic E-state index is 10.9. The molecule has 90 valence electrons. The molecule has 0 amide bonds. The molecule has 1 N–H and O–H groups in total. The average Bonchev–Trinajstić information content (AvgIpc) is 2.28. The molecular weight excluding hydrogens is 218 g/mol. The van der Waals surface area contributed by atoms with Crippen LogP contribution in [-0.4, -0.2) is 41.3 Å². The van der Waals surface area contributed by atoms with E-state index in [1.807, 2.05) is 6.07 Å². The van der Waals surface area contributed by atoms with E-state index in [2.05, 4.69) is 4.90 Å². The van der Waals surface area contributed by atoms with Gasteiger partial charge in [-0.2, -0.15) is 0 Å². The van der Waals surface area contributed by atoms with Crippen LogP contribution in [0.5, 0.6) is 0 Å². The van der Waals surface area contributed by atoms with E-state index in [0.29, 0.717) is 17.8 Å². The van der Waals surface area contributed by atoms with Crippen LogP contribution in [0.25, 0.3) is 0 Å². The molecule has 1 aromatic rings. The fourth-order valence-electron chi connectivity index (χ4n) is 2.63. The van der Waals surface area contributed by atoms with Gasteiger partial charge < -0.3 is 9.84 Å². The zero-order valence-electron chi connectivity index (χ0n) is 9.50. The Balaban J connectivity index is 1.68. The Hall–Kier alpha value is -1.39. The molecule has 3 heterocycles. The molecule has 2 bridgehead atoms. The summed E-state index contributed by atoms with van der Waals surface area (Å²) < 4.78 is 5.57. The number of carboxylic acids is 1. The molecule has 0 aliphatic carbocycles. The number of rotatable bonds is 3. The Morgan fingerprint density at radius 3 is 2.76 bits per heavy atom. The van der Waals surface area contributed by atoms with Crippen molar-refractivity contribution in [3.05, 3.63) is 35.4 Å². The second-order valence-corrected chi connectivity index (χ2v) is 4.82. The van der Waals surface area contributed by atoms with E-state index in [1.54, 1.807) is 18.2 Å². The summed E-state index contributed by atoms with van der Waals surface area (Å²) in [5.74, 6) is -0.864. The van der Waals surface area contributed by atoms with Crippen molar-refractivity contribution in [1.82, 2.24) is 4.90 Å². The summed E-state index contributed by atoms with van der Waals surface area (Å²) in [5.41, 5.74) is 1.42. The molecule has 3 fully saturated rings. The highest BCUT2D eigenvalue weighted by Gasteiger charge is 2.37. The largest absolute Gasteiger partial charge is 0.478 e. The Bertz CT molecular complexity index is 430.